The Hall–Kier alpha value is -1.04. The zero-order valence-electron chi connectivity index (χ0n) is 9.96. The van der Waals surface area contributed by atoms with Gasteiger partial charge >= 0.3 is 0 Å². The van der Waals surface area contributed by atoms with E-state index >= 15 is 0 Å². The molecule has 3 atom stereocenters. The minimum absolute atomic E-state index is 0.0440. The summed E-state index contributed by atoms with van der Waals surface area (Å²) in [5, 5.41) is 9.05. The smallest absolute Gasteiger partial charge is 0.251 e. The molecule has 0 aliphatic rings. The Bertz CT molecular complexity index is 357. The molecule has 0 spiro atoms. The van der Waals surface area contributed by atoms with E-state index in [4.69, 9.17) is 5.84 Å². The normalized spacial score (nSPS) is 16.0. The number of carbonyl (C=O) groups is 1. The summed E-state index contributed by atoms with van der Waals surface area (Å²) in [6, 6.07) is 9.40. The number of nitrogens with two attached hydrogens (primary N) is 1. The summed E-state index contributed by atoms with van der Waals surface area (Å²) in [4.78, 5) is 11.7. The third kappa shape index (κ3) is 4.03. The lowest BCUT2D eigenvalue weighted by atomic mass is 10.1. The average molecular weight is 254 g/mol. The molecule has 0 saturated heterocycles. The number of hydrogen-bond donors (Lipinski definition) is 3. The highest BCUT2D eigenvalue weighted by atomic mass is 32.2. The highest BCUT2D eigenvalue weighted by Crippen LogP contribution is 2.33. The van der Waals surface area contributed by atoms with Gasteiger partial charge in [0.2, 0.25) is 0 Å². The molecule has 0 fully saturated rings. The number of aliphatic hydroxyl groups excluding tert-OH is 1. The van der Waals surface area contributed by atoms with Gasteiger partial charge < -0.3 is 5.11 Å². The maximum atomic E-state index is 11.7. The van der Waals surface area contributed by atoms with E-state index in [1.54, 1.807) is 6.92 Å². The maximum absolute atomic E-state index is 11.7. The van der Waals surface area contributed by atoms with Crippen LogP contribution in [-0.2, 0) is 4.79 Å². The lowest BCUT2D eigenvalue weighted by Crippen LogP contribution is -2.35. The van der Waals surface area contributed by atoms with Crippen LogP contribution in [0.4, 0.5) is 0 Å². The fourth-order valence-corrected chi connectivity index (χ4v) is 2.49. The van der Waals surface area contributed by atoms with Crippen molar-refractivity contribution in [3.8, 4) is 0 Å². The molecular weight excluding hydrogens is 236 g/mol. The number of carbonyl (C=O) groups excluding carboxylic acids is 1. The summed E-state index contributed by atoms with van der Waals surface area (Å²) in [5.41, 5.74) is 3.05. The summed E-state index contributed by atoms with van der Waals surface area (Å²) >= 11 is 1.40. The zero-order chi connectivity index (χ0) is 12.8. The van der Waals surface area contributed by atoms with E-state index in [0.29, 0.717) is 0 Å². The molecule has 1 aromatic carbocycles. The first kappa shape index (κ1) is 14.0. The first-order valence-electron chi connectivity index (χ1n) is 5.45. The number of thioether (sulfide) groups is 1. The lowest BCUT2D eigenvalue weighted by Gasteiger charge is -2.21. The summed E-state index contributed by atoms with van der Waals surface area (Å²) in [6.07, 6.45) is -0.475. The van der Waals surface area contributed by atoms with E-state index in [0.717, 1.165) is 5.56 Å². The minimum Gasteiger partial charge on any atom is -0.392 e. The fraction of sp³-hybridized carbons (Fsp3) is 0.417. The van der Waals surface area contributed by atoms with Gasteiger partial charge in [-0.15, -0.1) is 11.8 Å². The van der Waals surface area contributed by atoms with Gasteiger partial charge in [0, 0.05) is 5.25 Å². The van der Waals surface area contributed by atoms with Crippen LogP contribution in [0.25, 0.3) is 0 Å². The molecule has 0 aliphatic heterocycles. The third-order valence-electron chi connectivity index (χ3n) is 2.51. The van der Waals surface area contributed by atoms with Gasteiger partial charge in [-0.2, -0.15) is 0 Å². The summed E-state index contributed by atoms with van der Waals surface area (Å²) in [7, 11) is 0. The van der Waals surface area contributed by atoms with Crippen molar-refractivity contribution < 1.29 is 9.90 Å². The highest BCUT2D eigenvalue weighted by Gasteiger charge is 2.24. The van der Waals surface area contributed by atoms with Crippen LogP contribution in [0.2, 0.25) is 0 Å². The largest absolute Gasteiger partial charge is 0.392 e. The van der Waals surface area contributed by atoms with Crippen molar-refractivity contribution in [3.63, 3.8) is 0 Å². The van der Waals surface area contributed by atoms with Gasteiger partial charge in [0.15, 0.2) is 0 Å². The Morgan fingerprint density at radius 2 is 1.94 bits per heavy atom. The monoisotopic (exact) mass is 254 g/mol. The van der Waals surface area contributed by atoms with Crippen LogP contribution in [0, 0.1) is 0 Å². The number of hydrazine groups is 1. The standard InChI is InChI=1S/C12H18N2O2S/c1-8(15)9(2)17-11(12(16)14-13)10-6-4-3-5-7-10/h3-9,11,15H,13H2,1-2H3,(H,14,16). The van der Waals surface area contributed by atoms with Crippen molar-refractivity contribution in [2.24, 2.45) is 5.84 Å². The van der Waals surface area contributed by atoms with E-state index in [9.17, 15) is 9.90 Å². The van der Waals surface area contributed by atoms with Gasteiger partial charge in [0.25, 0.3) is 5.91 Å². The molecule has 1 aromatic rings. The first-order chi connectivity index (χ1) is 8.06. The zero-order valence-corrected chi connectivity index (χ0v) is 10.8. The Kier molecular flexibility index (Phi) is 5.47. The first-order valence-corrected chi connectivity index (χ1v) is 6.39. The molecule has 5 heteroatoms. The molecular formula is C12H18N2O2S. The molecule has 0 heterocycles. The molecule has 1 rings (SSSR count). The number of benzene rings is 1. The second kappa shape index (κ2) is 6.64. The van der Waals surface area contributed by atoms with Crippen LogP contribution in [0.1, 0.15) is 24.7 Å². The predicted molar refractivity (Wildman–Crippen MR) is 70.2 cm³/mol. The van der Waals surface area contributed by atoms with Crippen LogP contribution >= 0.6 is 11.8 Å². The molecule has 0 aliphatic carbocycles. The number of nitrogens with one attached hydrogen (secondary N) is 1. The van der Waals surface area contributed by atoms with Gasteiger partial charge in [0.1, 0.15) is 5.25 Å². The SMILES string of the molecule is CC(O)C(C)SC(C(=O)NN)c1ccccc1. The van der Waals surface area contributed by atoms with Crippen LogP contribution < -0.4 is 11.3 Å². The molecule has 3 unspecified atom stereocenters. The van der Waals surface area contributed by atoms with Crippen LogP contribution in [0.3, 0.4) is 0 Å². The summed E-state index contributed by atoms with van der Waals surface area (Å²) < 4.78 is 0. The van der Waals surface area contributed by atoms with E-state index in [2.05, 4.69) is 5.43 Å². The number of rotatable bonds is 5. The van der Waals surface area contributed by atoms with Gasteiger partial charge in [-0.3, -0.25) is 10.2 Å². The quantitative estimate of drug-likeness (QED) is 0.419. The molecule has 4 nitrogen and oxygen atoms in total. The van der Waals surface area contributed by atoms with Crippen molar-refractivity contribution >= 4 is 17.7 Å². The van der Waals surface area contributed by atoms with Crippen LogP contribution in [0.5, 0.6) is 0 Å². The highest BCUT2D eigenvalue weighted by molar-refractivity contribution is 8.00. The lowest BCUT2D eigenvalue weighted by molar-refractivity contribution is -0.120. The number of aliphatic hydroxyl groups is 1. The summed E-state index contributed by atoms with van der Waals surface area (Å²) in [5.74, 6) is 4.93. The summed E-state index contributed by atoms with van der Waals surface area (Å²) in [6.45, 7) is 3.59. The van der Waals surface area contributed by atoms with Crippen molar-refractivity contribution in [1.29, 1.82) is 0 Å². The van der Waals surface area contributed by atoms with E-state index in [1.165, 1.54) is 11.8 Å². The Balaban J connectivity index is 2.86. The van der Waals surface area contributed by atoms with Gasteiger partial charge in [0.05, 0.1) is 6.10 Å². The van der Waals surface area contributed by atoms with E-state index in [1.807, 2.05) is 37.3 Å². The van der Waals surface area contributed by atoms with E-state index < -0.39 is 11.4 Å². The molecule has 0 radical (unpaired) electrons. The van der Waals surface area contributed by atoms with Crippen molar-refractivity contribution in [1.82, 2.24) is 5.43 Å². The Morgan fingerprint density at radius 3 is 2.41 bits per heavy atom. The molecule has 94 valence electrons. The second-order valence-corrected chi connectivity index (χ2v) is 5.37. The maximum Gasteiger partial charge on any atom is 0.251 e. The third-order valence-corrected chi connectivity index (χ3v) is 4.09. The number of amides is 1. The minimum atomic E-state index is -0.475. The Labute approximate surface area is 106 Å². The molecule has 4 N–H and O–H groups in total. The second-order valence-electron chi connectivity index (χ2n) is 3.88. The predicted octanol–water partition coefficient (Wildman–Crippen LogP) is 1.22. The Morgan fingerprint density at radius 1 is 1.35 bits per heavy atom. The van der Waals surface area contributed by atoms with Gasteiger partial charge in [-0.05, 0) is 12.5 Å². The molecule has 1 amide bonds. The van der Waals surface area contributed by atoms with Gasteiger partial charge in [-0.25, -0.2) is 5.84 Å². The number of hydrogen-bond acceptors (Lipinski definition) is 4. The fourth-order valence-electron chi connectivity index (χ4n) is 1.32. The molecule has 0 bridgehead atoms. The topological polar surface area (TPSA) is 75.3 Å². The van der Waals surface area contributed by atoms with Gasteiger partial charge in [-0.1, -0.05) is 37.3 Å². The van der Waals surface area contributed by atoms with Crippen molar-refractivity contribution in [2.75, 3.05) is 0 Å². The van der Waals surface area contributed by atoms with Crippen LogP contribution in [-0.4, -0.2) is 22.4 Å². The molecule has 0 aromatic heterocycles. The molecule has 0 saturated carbocycles. The van der Waals surface area contributed by atoms with Crippen molar-refractivity contribution in [2.45, 2.75) is 30.5 Å². The van der Waals surface area contributed by atoms with Crippen LogP contribution in [0.15, 0.2) is 30.3 Å². The molecule has 17 heavy (non-hydrogen) atoms. The van der Waals surface area contributed by atoms with E-state index in [-0.39, 0.29) is 11.2 Å². The average Bonchev–Trinajstić information content (AvgIpc) is 2.35. The van der Waals surface area contributed by atoms with Crippen molar-refractivity contribution in [3.05, 3.63) is 35.9 Å².